The molecule has 5 aliphatic carbocycles. The van der Waals surface area contributed by atoms with E-state index in [-0.39, 0.29) is 7.43 Å². The van der Waals surface area contributed by atoms with Crippen molar-refractivity contribution in [2.75, 3.05) is 14.1 Å². The Labute approximate surface area is 190 Å². The zero-order valence-electron chi connectivity index (χ0n) is 19.0. The van der Waals surface area contributed by atoms with Crippen molar-refractivity contribution in [3.8, 4) is 11.8 Å². The molecule has 168 valence electrons. The van der Waals surface area contributed by atoms with Gasteiger partial charge in [0.05, 0.1) is 0 Å². The standard InChI is InChI=1S/C20H24O.C8H13N.CH4/c1-2-3-13-4-7-18-16(13)10-11-19-17-9-6-15(21)12-14(17)5-8-20(18)19;1-9(2)8-6-4-3-5-7-8;/h12-13,16,18,20H,4-11H2,1H3;3-4,6H,5,7H2,1-2H3;1H4. The number of hydrogen-bond donors (Lipinski definition) is 0. The highest BCUT2D eigenvalue weighted by molar-refractivity contribution is 5.93. The van der Waals surface area contributed by atoms with Crippen LogP contribution in [0.1, 0.15) is 78.6 Å². The third kappa shape index (κ3) is 5.08. The number of ketones is 1. The van der Waals surface area contributed by atoms with Gasteiger partial charge < -0.3 is 4.90 Å². The first-order valence-electron chi connectivity index (χ1n) is 12.0. The van der Waals surface area contributed by atoms with E-state index in [1.54, 1.807) is 11.1 Å². The molecule has 0 aromatic heterocycles. The summed E-state index contributed by atoms with van der Waals surface area (Å²) in [6.07, 6.45) is 20.3. The zero-order valence-corrected chi connectivity index (χ0v) is 19.0. The van der Waals surface area contributed by atoms with Crippen LogP contribution >= 0.6 is 0 Å². The van der Waals surface area contributed by atoms with Crippen molar-refractivity contribution in [1.29, 1.82) is 0 Å². The van der Waals surface area contributed by atoms with Gasteiger partial charge in [0.2, 0.25) is 0 Å². The van der Waals surface area contributed by atoms with Crippen LogP contribution in [-0.4, -0.2) is 24.8 Å². The molecular weight excluding hydrogens is 378 g/mol. The van der Waals surface area contributed by atoms with Gasteiger partial charge in [0.15, 0.2) is 5.78 Å². The molecule has 0 radical (unpaired) electrons. The summed E-state index contributed by atoms with van der Waals surface area (Å²) in [4.78, 5) is 13.8. The van der Waals surface area contributed by atoms with E-state index in [1.807, 2.05) is 13.0 Å². The second-order valence-electron chi connectivity index (χ2n) is 9.75. The highest BCUT2D eigenvalue weighted by Gasteiger charge is 2.45. The molecule has 0 heterocycles. The van der Waals surface area contributed by atoms with Crippen LogP contribution in [0.3, 0.4) is 0 Å². The molecule has 0 saturated heterocycles. The Morgan fingerprint density at radius 1 is 0.968 bits per heavy atom. The number of rotatable bonds is 1. The van der Waals surface area contributed by atoms with Crippen molar-refractivity contribution in [3.63, 3.8) is 0 Å². The molecule has 0 N–H and O–H groups in total. The van der Waals surface area contributed by atoms with Gasteiger partial charge in [-0.25, -0.2) is 0 Å². The summed E-state index contributed by atoms with van der Waals surface area (Å²) in [6, 6.07) is 0. The van der Waals surface area contributed by atoms with Crippen LogP contribution in [0.25, 0.3) is 0 Å². The molecule has 5 aliphatic rings. The molecule has 2 heteroatoms. The van der Waals surface area contributed by atoms with Crippen LogP contribution in [0.4, 0.5) is 0 Å². The molecule has 0 aromatic rings. The second kappa shape index (κ2) is 10.5. The maximum absolute atomic E-state index is 11.7. The van der Waals surface area contributed by atoms with E-state index < -0.39 is 0 Å². The Morgan fingerprint density at radius 2 is 1.81 bits per heavy atom. The Hall–Kier alpha value is -2.01. The lowest BCUT2D eigenvalue weighted by atomic mass is 9.62. The Balaban J connectivity index is 0.000000232. The third-order valence-corrected chi connectivity index (χ3v) is 7.94. The largest absolute Gasteiger partial charge is 0.381 e. The molecule has 2 fully saturated rings. The van der Waals surface area contributed by atoms with E-state index in [9.17, 15) is 4.79 Å². The van der Waals surface area contributed by atoms with Crippen molar-refractivity contribution < 1.29 is 4.79 Å². The summed E-state index contributed by atoms with van der Waals surface area (Å²) >= 11 is 0. The lowest BCUT2D eigenvalue weighted by molar-refractivity contribution is -0.114. The van der Waals surface area contributed by atoms with Crippen molar-refractivity contribution in [2.24, 2.45) is 23.7 Å². The molecule has 2 nitrogen and oxygen atoms in total. The monoisotopic (exact) mass is 419 g/mol. The molecular formula is C29H41NO. The summed E-state index contributed by atoms with van der Waals surface area (Å²) in [5.74, 6) is 10.2. The van der Waals surface area contributed by atoms with Crippen molar-refractivity contribution in [1.82, 2.24) is 4.90 Å². The lowest BCUT2D eigenvalue weighted by Crippen LogP contribution is -2.32. The SMILES string of the molecule is C.CC#CC1CCC2C3CCC4=CC(=O)CCC4=C3CCC12.CN(C)C1=CC=CCC1. The first-order chi connectivity index (χ1) is 14.6. The van der Waals surface area contributed by atoms with Gasteiger partial charge in [-0.05, 0) is 106 Å². The predicted molar refractivity (Wildman–Crippen MR) is 131 cm³/mol. The van der Waals surface area contributed by atoms with Gasteiger partial charge in [-0.15, -0.1) is 5.92 Å². The van der Waals surface area contributed by atoms with Crippen LogP contribution in [0.5, 0.6) is 0 Å². The van der Waals surface area contributed by atoms with Gasteiger partial charge in [-0.3, -0.25) is 4.79 Å². The molecule has 4 unspecified atom stereocenters. The van der Waals surface area contributed by atoms with Crippen LogP contribution in [0.2, 0.25) is 0 Å². The number of hydrogen-bond acceptors (Lipinski definition) is 2. The van der Waals surface area contributed by atoms with Gasteiger partial charge in [0, 0.05) is 32.1 Å². The van der Waals surface area contributed by atoms with E-state index in [4.69, 9.17) is 0 Å². The maximum Gasteiger partial charge on any atom is 0.156 e. The summed E-state index contributed by atoms with van der Waals surface area (Å²) < 4.78 is 0. The molecule has 4 atom stereocenters. The molecule has 0 aromatic carbocycles. The first-order valence-corrected chi connectivity index (χ1v) is 12.0. The van der Waals surface area contributed by atoms with E-state index in [0.717, 1.165) is 37.0 Å². The van der Waals surface area contributed by atoms with E-state index in [0.29, 0.717) is 11.7 Å². The highest BCUT2D eigenvalue weighted by atomic mass is 16.1. The number of nitrogens with zero attached hydrogens (tertiary/aromatic N) is 1. The summed E-state index contributed by atoms with van der Waals surface area (Å²) in [7, 11) is 4.18. The predicted octanol–water partition coefficient (Wildman–Crippen LogP) is 6.86. The Kier molecular flexibility index (Phi) is 8.04. The highest BCUT2D eigenvalue weighted by Crippen LogP contribution is 2.55. The smallest absolute Gasteiger partial charge is 0.156 e. The number of allylic oxidation sites excluding steroid dienone is 8. The van der Waals surface area contributed by atoms with Crippen LogP contribution in [-0.2, 0) is 4.79 Å². The van der Waals surface area contributed by atoms with Gasteiger partial charge >= 0.3 is 0 Å². The number of carbonyl (C=O) groups is 1. The summed E-state index contributed by atoms with van der Waals surface area (Å²) in [5.41, 5.74) is 6.15. The molecule has 31 heavy (non-hydrogen) atoms. The van der Waals surface area contributed by atoms with Crippen LogP contribution < -0.4 is 0 Å². The van der Waals surface area contributed by atoms with Crippen LogP contribution in [0, 0.1) is 35.5 Å². The quantitative estimate of drug-likeness (QED) is 0.433. The normalized spacial score (nSPS) is 30.7. The van der Waals surface area contributed by atoms with E-state index >= 15 is 0 Å². The van der Waals surface area contributed by atoms with Gasteiger partial charge in [-0.2, -0.15) is 0 Å². The lowest BCUT2D eigenvalue weighted by Gasteiger charge is -2.42. The molecule has 0 amide bonds. The molecule has 0 aliphatic heterocycles. The topological polar surface area (TPSA) is 20.3 Å². The van der Waals surface area contributed by atoms with E-state index in [2.05, 4.69) is 49.1 Å². The first kappa shape index (κ1) is 23.6. The molecule has 2 saturated carbocycles. The summed E-state index contributed by atoms with van der Waals surface area (Å²) in [5, 5.41) is 0. The molecule has 0 spiro atoms. The van der Waals surface area contributed by atoms with Gasteiger partial charge in [-0.1, -0.05) is 31.1 Å². The summed E-state index contributed by atoms with van der Waals surface area (Å²) in [6.45, 7) is 1.99. The fourth-order valence-corrected chi connectivity index (χ4v) is 6.53. The van der Waals surface area contributed by atoms with Crippen LogP contribution in [0.15, 0.2) is 46.7 Å². The van der Waals surface area contributed by atoms with Crippen molar-refractivity contribution in [2.45, 2.75) is 78.6 Å². The average molecular weight is 420 g/mol. The Bertz CT molecular complexity index is 857. The fraction of sp³-hybridized carbons (Fsp3) is 0.621. The number of fused-ring (bicyclic) bond motifs is 4. The van der Waals surface area contributed by atoms with Crippen molar-refractivity contribution in [3.05, 3.63) is 46.7 Å². The van der Waals surface area contributed by atoms with Gasteiger partial charge in [0.25, 0.3) is 0 Å². The van der Waals surface area contributed by atoms with E-state index in [1.165, 1.54) is 56.2 Å². The minimum Gasteiger partial charge on any atom is -0.381 e. The molecule has 0 bridgehead atoms. The maximum atomic E-state index is 11.7. The average Bonchev–Trinajstić information content (AvgIpc) is 3.18. The number of carbonyl (C=O) groups excluding carboxylic acids is 1. The Morgan fingerprint density at radius 3 is 2.48 bits per heavy atom. The third-order valence-electron chi connectivity index (χ3n) is 7.94. The zero-order chi connectivity index (χ0) is 21.1. The minimum absolute atomic E-state index is 0. The molecule has 5 rings (SSSR count). The van der Waals surface area contributed by atoms with Gasteiger partial charge in [0.1, 0.15) is 0 Å². The van der Waals surface area contributed by atoms with Crippen molar-refractivity contribution >= 4 is 5.78 Å². The fourth-order valence-electron chi connectivity index (χ4n) is 6.53. The second-order valence-corrected chi connectivity index (χ2v) is 9.75. The minimum atomic E-state index is 0.